The molecular weight excluding hydrogens is 368 g/mol. The summed E-state index contributed by atoms with van der Waals surface area (Å²) in [7, 11) is 0. The molecule has 1 aliphatic rings. The highest BCUT2D eigenvalue weighted by Gasteiger charge is 2.16. The number of pyridine rings is 2. The summed E-state index contributed by atoms with van der Waals surface area (Å²) in [5.74, 6) is 0.587. The monoisotopic (exact) mass is 396 g/mol. The molecule has 0 unspecified atom stereocenters. The Morgan fingerprint density at radius 3 is 2.27 bits per heavy atom. The fourth-order valence-electron chi connectivity index (χ4n) is 4.72. The van der Waals surface area contributed by atoms with Gasteiger partial charge in [-0.2, -0.15) is 0 Å². The van der Waals surface area contributed by atoms with E-state index in [4.69, 9.17) is 4.98 Å². The van der Waals surface area contributed by atoms with E-state index < -0.39 is 0 Å². The first kappa shape index (κ1) is 19.0. The first-order chi connectivity index (χ1) is 14.6. The van der Waals surface area contributed by atoms with Gasteiger partial charge in [0.1, 0.15) is 0 Å². The van der Waals surface area contributed by atoms with E-state index in [2.05, 4.69) is 64.7 Å². The molecule has 0 spiro atoms. The summed E-state index contributed by atoms with van der Waals surface area (Å²) in [6, 6.07) is 15.4. The zero-order chi connectivity index (χ0) is 20.7. The van der Waals surface area contributed by atoms with E-state index >= 15 is 0 Å². The number of aromatic nitrogens is 3. The lowest BCUT2D eigenvalue weighted by atomic mass is 9.93. The van der Waals surface area contributed by atoms with Gasteiger partial charge >= 0.3 is 0 Å². The fourth-order valence-corrected chi connectivity index (χ4v) is 4.72. The number of fused-ring (bicyclic) bond motifs is 1. The van der Waals surface area contributed by atoms with E-state index in [1.165, 1.54) is 51.9 Å². The molecule has 152 valence electrons. The van der Waals surface area contributed by atoms with Gasteiger partial charge in [0.2, 0.25) is 0 Å². The van der Waals surface area contributed by atoms with Crippen LogP contribution in [0.4, 0.5) is 0 Å². The van der Waals surface area contributed by atoms with Crippen LogP contribution < -0.4 is 5.32 Å². The van der Waals surface area contributed by atoms with Gasteiger partial charge in [-0.05, 0) is 82.1 Å². The zero-order valence-electron chi connectivity index (χ0n) is 17.9. The molecule has 1 aliphatic heterocycles. The van der Waals surface area contributed by atoms with Crippen molar-refractivity contribution in [2.24, 2.45) is 0 Å². The molecule has 3 aromatic heterocycles. The van der Waals surface area contributed by atoms with Crippen LogP contribution in [-0.4, -0.2) is 28.0 Å². The molecule has 4 aromatic rings. The Bertz CT molecular complexity index is 1180. The molecule has 2 N–H and O–H groups in total. The number of nitrogens with zero attached hydrogens (tertiary/aromatic N) is 2. The Hall–Kier alpha value is -2.98. The van der Waals surface area contributed by atoms with Crippen molar-refractivity contribution in [3.8, 4) is 22.4 Å². The average molecular weight is 397 g/mol. The van der Waals surface area contributed by atoms with Gasteiger partial charge in [-0.15, -0.1) is 0 Å². The Morgan fingerprint density at radius 2 is 1.57 bits per heavy atom. The Kier molecular flexibility index (Phi) is 4.87. The maximum Gasteiger partial charge on any atom is 0.0495 e. The summed E-state index contributed by atoms with van der Waals surface area (Å²) in [6.07, 6.45) is 4.39. The van der Waals surface area contributed by atoms with Gasteiger partial charge in [-0.25, -0.2) is 0 Å². The number of piperidine rings is 1. The van der Waals surface area contributed by atoms with Crippen molar-refractivity contribution in [3.63, 3.8) is 0 Å². The largest absolute Gasteiger partial charge is 0.354 e. The molecule has 1 aromatic carbocycles. The molecule has 4 heteroatoms. The number of hydrogen-bond donors (Lipinski definition) is 2. The predicted molar refractivity (Wildman–Crippen MR) is 124 cm³/mol. The molecule has 1 fully saturated rings. The first-order valence-corrected chi connectivity index (χ1v) is 10.8. The number of hydrogen-bond acceptors (Lipinski definition) is 3. The van der Waals surface area contributed by atoms with Crippen molar-refractivity contribution < 1.29 is 0 Å². The minimum Gasteiger partial charge on any atom is -0.354 e. The van der Waals surface area contributed by atoms with E-state index in [0.717, 1.165) is 30.0 Å². The zero-order valence-corrected chi connectivity index (χ0v) is 17.9. The fraction of sp³-hybridized carbons (Fsp3) is 0.308. The number of H-pyrrole nitrogens is 1. The maximum atomic E-state index is 4.80. The van der Waals surface area contributed by atoms with Crippen molar-refractivity contribution >= 4 is 10.9 Å². The van der Waals surface area contributed by atoms with Gasteiger partial charge in [0, 0.05) is 56.9 Å². The smallest absolute Gasteiger partial charge is 0.0495 e. The third-order valence-corrected chi connectivity index (χ3v) is 6.31. The van der Waals surface area contributed by atoms with Crippen molar-refractivity contribution in [1.29, 1.82) is 0 Å². The molecule has 4 heterocycles. The van der Waals surface area contributed by atoms with Crippen molar-refractivity contribution in [3.05, 3.63) is 71.3 Å². The summed E-state index contributed by atoms with van der Waals surface area (Å²) in [5, 5.41) is 4.69. The Morgan fingerprint density at radius 1 is 0.833 bits per heavy atom. The van der Waals surface area contributed by atoms with Crippen LogP contribution in [0.25, 0.3) is 33.3 Å². The van der Waals surface area contributed by atoms with Crippen LogP contribution in [0, 0.1) is 20.8 Å². The van der Waals surface area contributed by atoms with E-state index in [0.29, 0.717) is 5.92 Å². The molecule has 0 atom stereocenters. The summed E-state index contributed by atoms with van der Waals surface area (Å²) in [5.41, 5.74) is 10.5. The molecule has 0 bridgehead atoms. The van der Waals surface area contributed by atoms with E-state index in [9.17, 15) is 0 Å². The second-order valence-corrected chi connectivity index (χ2v) is 8.52. The lowest BCUT2D eigenvalue weighted by Gasteiger charge is -2.22. The first-order valence-electron chi connectivity index (χ1n) is 10.8. The summed E-state index contributed by atoms with van der Waals surface area (Å²) in [4.78, 5) is 13.0. The molecular formula is C26H28N4. The van der Waals surface area contributed by atoms with Gasteiger partial charge in [0.05, 0.1) is 0 Å². The van der Waals surface area contributed by atoms with Gasteiger partial charge in [0.15, 0.2) is 0 Å². The SMILES string of the molecule is Cc1cc(-c2[nH]c3cc(-c4ccc(C5CCNCC5)nc4)ccc3c2C)cc(C)n1. The molecule has 0 aliphatic carbocycles. The van der Waals surface area contributed by atoms with Crippen LogP contribution >= 0.6 is 0 Å². The molecule has 0 radical (unpaired) electrons. The van der Waals surface area contributed by atoms with Crippen molar-refractivity contribution in [2.75, 3.05) is 13.1 Å². The minimum absolute atomic E-state index is 0.587. The molecule has 5 rings (SSSR count). The number of aromatic amines is 1. The standard InChI is InChI=1S/C26H28N4/c1-16-12-22(13-17(2)29-16)26-18(3)23-6-4-20(14-25(23)30-26)21-5-7-24(28-15-21)19-8-10-27-11-9-19/h4-7,12-15,19,27,30H,8-11H2,1-3H3. The van der Waals surface area contributed by atoms with Gasteiger partial charge in [0.25, 0.3) is 0 Å². The second-order valence-electron chi connectivity index (χ2n) is 8.52. The number of nitrogens with one attached hydrogen (secondary N) is 2. The summed E-state index contributed by atoms with van der Waals surface area (Å²) < 4.78 is 0. The Labute approximate surface area is 177 Å². The van der Waals surface area contributed by atoms with Crippen LogP contribution in [0.3, 0.4) is 0 Å². The van der Waals surface area contributed by atoms with E-state index in [-0.39, 0.29) is 0 Å². The summed E-state index contributed by atoms with van der Waals surface area (Å²) >= 11 is 0. The lowest BCUT2D eigenvalue weighted by Crippen LogP contribution is -2.26. The highest BCUT2D eigenvalue weighted by atomic mass is 14.9. The quantitative estimate of drug-likeness (QED) is 0.468. The van der Waals surface area contributed by atoms with Crippen LogP contribution in [0.5, 0.6) is 0 Å². The topological polar surface area (TPSA) is 53.6 Å². The highest BCUT2D eigenvalue weighted by molar-refractivity contribution is 5.93. The third kappa shape index (κ3) is 3.52. The molecule has 30 heavy (non-hydrogen) atoms. The normalized spacial score (nSPS) is 15.0. The number of aryl methyl sites for hydroxylation is 3. The van der Waals surface area contributed by atoms with E-state index in [1.54, 1.807) is 0 Å². The van der Waals surface area contributed by atoms with Crippen molar-refractivity contribution in [2.45, 2.75) is 39.5 Å². The molecule has 4 nitrogen and oxygen atoms in total. The van der Waals surface area contributed by atoms with Gasteiger partial charge in [-0.3, -0.25) is 9.97 Å². The molecule has 1 saturated heterocycles. The number of benzene rings is 1. The molecule has 0 saturated carbocycles. The lowest BCUT2D eigenvalue weighted by molar-refractivity contribution is 0.453. The maximum absolute atomic E-state index is 4.80. The van der Waals surface area contributed by atoms with Gasteiger partial charge in [-0.1, -0.05) is 18.2 Å². The van der Waals surface area contributed by atoms with Crippen LogP contribution in [-0.2, 0) is 0 Å². The van der Waals surface area contributed by atoms with Crippen LogP contribution in [0.15, 0.2) is 48.7 Å². The Balaban J connectivity index is 1.49. The van der Waals surface area contributed by atoms with E-state index in [1.807, 2.05) is 20.0 Å². The summed E-state index contributed by atoms with van der Waals surface area (Å²) in [6.45, 7) is 8.47. The molecule has 0 amide bonds. The van der Waals surface area contributed by atoms with Crippen molar-refractivity contribution in [1.82, 2.24) is 20.3 Å². The highest BCUT2D eigenvalue weighted by Crippen LogP contribution is 2.33. The van der Waals surface area contributed by atoms with Crippen LogP contribution in [0.2, 0.25) is 0 Å². The van der Waals surface area contributed by atoms with Crippen LogP contribution in [0.1, 0.15) is 41.4 Å². The minimum atomic E-state index is 0.587. The third-order valence-electron chi connectivity index (χ3n) is 6.31. The van der Waals surface area contributed by atoms with Gasteiger partial charge < -0.3 is 10.3 Å². The number of rotatable bonds is 3. The second kappa shape index (κ2) is 7.69. The predicted octanol–water partition coefficient (Wildman–Crippen LogP) is 5.68. The average Bonchev–Trinajstić information content (AvgIpc) is 3.10.